The zero-order valence-corrected chi connectivity index (χ0v) is 15.0. The largest absolute Gasteiger partial charge is 0.309 e. The van der Waals surface area contributed by atoms with E-state index in [-0.39, 0.29) is 0 Å². The van der Waals surface area contributed by atoms with Gasteiger partial charge in [-0.25, -0.2) is 0 Å². The number of nitrogens with zero attached hydrogens (tertiary/aromatic N) is 1. The Kier molecular flexibility index (Phi) is 5.66. The van der Waals surface area contributed by atoms with E-state index in [1.807, 2.05) is 0 Å². The van der Waals surface area contributed by atoms with Gasteiger partial charge in [0.1, 0.15) is 0 Å². The first kappa shape index (κ1) is 17.5. The van der Waals surface area contributed by atoms with Crippen LogP contribution in [0, 0.1) is 16.7 Å². The molecule has 1 unspecified atom stereocenters. The van der Waals surface area contributed by atoms with E-state index in [2.05, 4.69) is 72.7 Å². The molecule has 1 nitrogen and oxygen atoms in total. The summed E-state index contributed by atoms with van der Waals surface area (Å²) in [7, 11) is 4.33. The maximum atomic E-state index is 2.47. The van der Waals surface area contributed by atoms with Crippen LogP contribution in [0.1, 0.15) is 60.8 Å². The van der Waals surface area contributed by atoms with Crippen LogP contribution in [0.25, 0.3) is 0 Å². The van der Waals surface area contributed by atoms with Gasteiger partial charge < -0.3 is 4.90 Å². The van der Waals surface area contributed by atoms with Crippen molar-refractivity contribution in [2.24, 2.45) is 16.7 Å². The van der Waals surface area contributed by atoms with E-state index >= 15 is 0 Å². The Morgan fingerprint density at radius 1 is 1.05 bits per heavy atom. The quantitative estimate of drug-likeness (QED) is 0.611. The molecule has 0 aromatic carbocycles. The predicted octanol–water partition coefficient (Wildman–Crippen LogP) is 5.29. The lowest BCUT2D eigenvalue weighted by Crippen LogP contribution is -2.29. The molecule has 0 bridgehead atoms. The number of hydrogen-bond acceptors (Lipinski definition) is 1. The van der Waals surface area contributed by atoms with Gasteiger partial charge in [-0.2, -0.15) is 0 Å². The molecule has 1 heteroatoms. The van der Waals surface area contributed by atoms with Crippen molar-refractivity contribution in [1.29, 1.82) is 0 Å². The lowest BCUT2D eigenvalue weighted by Gasteiger charge is -2.39. The average Bonchev–Trinajstić information content (AvgIpc) is 2.81. The maximum absolute atomic E-state index is 2.47. The fourth-order valence-electron chi connectivity index (χ4n) is 3.08. The topological polar surface area (TPSA) is 3.24 Å². The van der Waals surface area contributed by atoms with Gasteiger partial charge in [-0.1, -0.05) is 65.7 Å². The zero-order chi connectivity index (χ0) is 15.6. The lowest BCUT2D eigenvalue weighted by atomic mass is 9.65. The first-order valence-corrected chi connectivity index (χ1v) is 8.22. The molecule has 0 fully saturated rings. The van der Waals surface area contributed by atoms with Crippen LogP contribution in [0.2, 0.25) is 0 Å². The molecule has 1 aliphatic rings. The van der Waals surface area contributed by atoms with Crippen LogP contribution in [0.5, 0.6) is 0 Å². The first-order chi connectivity index (χ1) is 9.15. The molecule has 0 amide bonds. The van der Waals surface area contributed by atoms with Crippen molar-refractivity contribution < 1.29 is 0 Å². The number of allylic oxidation sites excluding steroid dienone is 3. The van der Waals surface area contributed by atoms with Crippen molar-refractivity contribution in [3.8, 4) is 0 Å². The highest BCUT2D eigenvalue weighted by Gasteiger charge is 2.39. The van der Waals surface area contributed by atoms with E-state index in [1.54, 1.807) is 11.1 Å². The number of hydrogen-bond donors (Lipinski definition) is 0. The van der Waals surface area contributed by atoms with Gasteiger partial charge in [-0.3, -0.25) is 0 Å². The fourth-order valence-corrected chi connectivity index (χ4v) is 3.08. The second kappa shape index (κ2) is 6.47. The van der Waals surface area contributed by atoms with Crippen molar-refractivity contribution in [3.63, 3.8) is 0 Å². The second-order valence-electron chi connectivity index (χ2n) is 7.91. The minimum absolute atomic E-state index is 0.308. The van der Waals surface area contributed by atoms with E-state index in [0.29, 0.717) is 16.7 Å². The van der Waals surface area contributed by atoms with Gasteiger partial charge in [0, 0.05) is 12.5 Å². The molecule has 0 N–H and O–H groups in total. The van der Waals surface area contributed by atoms with Gasteiger partial charge in [0.05, 0.1) is 0 Å². The first-order valence-electron chi connectivity index (χ1n) is 8.22. The lowest BCUT2D eigenvalue weighted by molar-refractivity contribution is 0.242. The van der Waals surface area contributed by atoms with E-state index < -0.39 is 0 Å². The van der Waals surface area contributed by atoms with E-state index in [4.69, 9.17) is 0 Å². The second-order valence-corrected chi connectivity index (χ2v) is 7.91. The molecule has 1 rings (SSSR count). The molecule has 0 radical (unpaired) electrons. The summed E-state index contributed by atoms with van der Waals surface area (Å²) in [4.78, 5) is 2.29. The highest BCUT2D eigenvalue weighted by molar-refractivity contribution is 5.41. The minimum Gasteiger partial charge on any atom is -0.309 e. The van der Waals surface area contributed by atoms with Crippen molar-refractivity contribution >= 4 is 0 Å². The molecule has 0 saturated carbocycles. The van der Waals surface area contributed by atoms with Crippen LogP contribution >= 0.6 is 0 Å². The molecular weight excluding hydrogens is 242 g/mol. The van der Waals surface area contributed by atoms with Gasteiger partial charge in [-0.15, -0.1) is 0 Å². The monoisotopic (exact) mass is 277 g/mol. The van der Waals surface area contributed by atoms with Crippen LogP contribution in [0.3, 0.4) is 0 Å². The molecule has 0 aromatic heterocycles. The Bertz CT molecular complexity index is 383. The smallest absolute Gasteiger partial charge is 0.00423 e. The van der Waals surface area contributed by atoms with E-state index in [9.17, 15) is 0 Å². The predicted molar refractivity (Wildman–Crippen MR) is 91.0 cm³/mol. The standard InChI is InChI=1S/C19H35N/c1-9-18(3,4)16-12-11-15(13-14-20(7)8)17(16)19(5,6)10-2/h11-12,16H,9-10,13-14H2,1-8H3. The van der Waals surface area contributed by atoms with Crippen LogP contribution in [-0.2, 0) is 0 Å². The highest BCUT2D eigenvalue weighted by atomic mass is 15.0. The third-order valence-corrected chi connectivity index (χ3v) is 5.34. The Morgan fingerprint density at radius 3 is 2.10 bits per heavy atom. The van der Waals surface area contributed by atoms with Crippen molar-refractivity contribution in [2.75, 3.05) is 20.6 Å². The molecule has 116 valence electrons. The van der Waals surface area contributed by atoms with Gasteiger partial charge in [0.2, 0.25) is 0 Å². The Morgan fingerprint density at radius 2 is 1.65 bits per heavy atom. The molecular formula is C19H35N. The summed E-state index contributed by atoms with van der Waals surface area (Å²) in [5.74, 6) is 0.611. The Balaban J connectivity index is 3.14. The summed E-state index contributed by atoms with van der Waals surface area (Å²) in [6, 6.07) is 0. The summed E-state index contributed by atoms with van der Waals surface area (Å²) in [5, 5.41) is 0. The van der Waals surface area contributed by atoms with Crippen molar-refractivity contribution in [1.82, 2.24) is 4.90 Å². The molecule has 0 aromatic rings. The average molecular weight is 277 g/mol. The van der Waals surface area contributed by atoms with Gasteiger partial charge >= 0.3 is 0 Å². The molecule has 0 heterocycles. The van der Waals surface area contributed by atoms with Gasteiger partial charge in [-0.05, 0) is 43.3 Å². The van der Waals surface area contributed by atoms with Crippen LogP contribution in [-0.4, -0.2) is 25.5 Å². The summed E-state index contributed by atoms with van der Waals surface area (Å²) >= 11 is 0. The molecule has 0 saturated heterocycles. The van der Waals surface area contributed by atoms with Crippen LogP contribution in [0.4, 0.5) is 0 Å². The normalized spacial score (nSPS) is 20.4. The van der Waals surface area contributed by atoms with Crippen molar-refractivity contribution in [2.45, 2.75) is 60.8 Å². The van der Waals surface area contributed by atoms with Gasteiger partial charge in [0.25, 0.3) is 0 Å². The highest BCUT2D eigenvalue weighted by Crippen LogP contribution is 2.50. The Labute approximate surface area is 127 Å². The minimum atomic E-state index is 0.308. The fraction of sp³-hybridized carbons (Fsp3) is 0.789. The maximum Gasteiger partial charge on any atom is 0.00423 e. The molecule has 1 aliphatic carbocycles. The summed E-state index contributed by atoms with van der Waals surface area (Å²) in [6.45, 7) is 15.5. The third kappa shape index (κ3) is 3.75. The SMILES string of the molecule is CCC(C)(C)C1=C(CCN(C)C)C=CC1C(C)(C)CC. The summed E-state index contributed by atoms with van der Waals surface area (Å²) in [5.41, 5.74) is 3.96. The molecule has 0 spiro atoms. The zero-order valence-electron chi connectivity index (χ0n) is 15.0. The van der Waals surface area contributed by atoms with Crippen LogP contribution in [0.15, 0.2) is 23.3 Å². The van der Waals surface area contributed by atoms with Gasteiger partial charge in [0.15, 0.2) is 0 Å². The molecule has 0 aliphatic heterocycles. The Hall–Kier alpha value is -0.560. The molecule has 20 heavy (non-hydrogen) atoms. The summed E-state index contributed by atoms with van der Waals surface area (Å²) < 4.78 is 0. The van der Waals surface area contributed by atoms with E-state index in [0.717, 1.165) is 6.54 Å². The van der Waals surface area contributed by atoms with E-state index in [1.165, 1.54) is 19.3 Å². The van der Waals surface area contributed by atoms with Crippen LogP contribution < -0.4 is 0 Å². The van der Waals surface area contributed by atoms with Crippen molar-refractivity contribution in [3.05, 3.63) is 23.3 Å². The molecule has 1 atom stereocenters. The summed E-state index contributed by atoms with van der Waals surface area (Å²) in [6.07, 6.45) is 8.51. The third-order valence-electron chi connectivity index (χ3n) is 5.34. The number of rotatable bonds is 7.